The molecule has 0 radical (unpaired) electrons. The average Bonchev–Trinajstić information content (AvgIpc) is 3.06. The fraction of sp³-hybridized carbons (Fsp3) is 0.400. The van der Waals surface area contributed by atoms with Crippen LogP contribution in [0.1, 0.15) is 41.1 Å². The van der Waals surface area contributed by atoms with Gasteiger partial charge in [-0.15, -0.1) is 11.3 Å². The summed E-state index contributed by atoms with van der Waals surface area (Å²) in [4.78, 5) is 27.2. The van der Waals surface area contributed by atoms with E-state index in [9.17, 15) is 22.4 Å². The highest BCUT2D eigenvalue weighted by Crippen LogP contribution is 2.37. The molecule has 2 heterocycles. The second-order valence-electron chi connectivity index (χ2n) is 7.44. The first-order chi connectivity index (χ1) is 14.1. The maximum absolute atomic E-state index is 13.5. The van der Waals surface area contributed by atoms with Crippen molar-refractivity contribution in [2.24, 2.45) is 5.92 Å². The van der Waals surface area contributed by atoms with Gasteiger partial charge in [0.25, 0.3) is 10.0 Å². The number of benzene rings is 1. The molecule has 3 rings (SSSR count). The molecule has 1 aliphatic heterocycles. The highest BCUT2D eigenvalue weighted by Gasteiger charge is 2.35. The van der Waals surface area contributed by atoms with Crippen LogP contribution in [-0.4, -0.2) is 38.8 Å². The van der Waals surface area contributed by atoms with Gasteiger partial charge in [-0.2, -0.15) is 0 Å². The van der Waals surface area contributed by atoms with Crippen molar-refractivity contribution in [3.05, 3.63) is 46.1 Å². The molecule has 0 saturated carbocycles. The molecule has 162 valence electrons. The number of esters is 1. The molecule has 30 heavy (non-hydrogen) atoms. The lowest BCUT2D eigenvalue weighted by Crippen LogP contribution is -2.36. The summed E-state index contributed by atoms with van der Waals surface area (Å²) >= 11 is 0.937. The Bertz CT molecular complexity index is 1080. The van der Waals surface area contributed by atoms with Gasteiger partial charge >= 0.3 is 5.97 Å². The molecule has 1 N–H and O–H groups in total. The predicted molar refractivity (Wildman–Crippen MR) is 111 cm³/mol. The van der Waals surface area contributed by atoms with Gasteiger partial charge in [0, 0.05) is 17.8 Å². The van der Waals surface area contributed by atoms with Crippen molar-refractivity contribution in [3.8, 4) is 0 Å². The van der Waals surface area contributed by atoms with E-state index >= 15 is 0 Å². The third kappa shape index (κ3) is 4.65. The monoisotopic (exact) mass is 454 g/mol. The minimum atomic E-state index is -4.17. The van der Waals surface area contributed by atoms with Gasteiger partial charge in [0.2, 0.25) is 5.91 Å². The number of hydrogen-bond donors (Lipinski definition) is 1. The van der Waals surface area contributed by atoms with Crippen molar-refractivity contribution in [1.82, 2.24) is 4.90 Å². The Kier molecular flexibility index (Phi) is 6.47. The fourth-order valence-corrected chi connectivity index (χ4v) is 6.27. The molecule has 0 fully saturated rings. The van der Waals surface area contributed by atoms with E-state index in [2.05, 4.69) is 4.72 Å². The summed E-state index contributed by atoms with van der Waals surface area (Å²) in [5.41, 5.74) is 0.614. The second kappa shape index (κ2) is 8.73. The lowest BCUT2D eigenvalue weighted by molar-refractivity contribution is -0.132. The Hall–Kier alpha value is -2.46. The smallest absolute Gasteiger partial charge is 0.340 e. The molecule has 0 saturated heterocycles. The number of ether oxygens (including phenoxy) is 1. The first-order valence-corrected chi connectivity index (χ1v) is 11.7. The van der Waals surface area contributed by atoms with Crippen LogP contribution in [0, 0.1) is 11.7 Å². The molecule has 1 aromatic heterocycles. The van der Waals surface area contributed by atoms with E-state index in [1.807, 2.05) is 13.8 Å². The maximum atomic E-state index is 13.5. The van der Waals surface area contributed by atoms with Crippen molar-refractivity contribution in [2.75, 3.05) is 18.4 Å². The summed E-state index contributed by atoms with van der Waals surface area (Å²) in [5, 5.41) is 0. The summed E-state index contributed by atoms with van der Waals surface area (Å²) in [6.45, 7) is 4.55. The molecule has 0 bridgehead atoms. The number of methoxy groups -OCH3 is 1. The quantitative estimate of drug-likeness (QED) is 0.676. The normalized spacial score (nSPS) is 13.8. The standard InChI is InChI=1S/C20H23FN2O5S2/c1-12(2)9-17(24)23-8-7-15-16(11-23)29-20(18(15)19(25)28-3)30(26,27)22-14-6-4-5-13(21)10-14/h4-6,10,12,22H,7-9,11H2,1-3H3. The van der Waals surface area contributed by atoms with Crippen molar-refractivity contribution < 1.29 is 27.1 Å². The van der Waals surface area contributed by atoms with Crippen LogP contribution in [0.2, 0.25) is 0 Å². The van der Waals surface area contributed by atoms with Crippen LogP contribution in [0.3, 0.4) is 0 Å². The highest BCUT2D eigenvalue weighted by atomic mass is 32.2. The summed E-state index contributed by atoms with van der Waals surface area (Å²) in [6, 6.07) is 5.05. The summed E-state index contributed by atoms with van der Waals surface area (Å²) in [5.74, 6) is -1.15. The molecule has 1 aliphatic rings. The number of carbonyl (C=O) groups excluding carboxylic acids is 2. The van der Waals surface area contributed by atoms with Crippen molar-refractivity contribution in [1.29, 1.82) is 0 Å². The zero-order valence-corrected chi connectivity index (χ0v) is 18.5. The van der Waals surface area contributed by atoms with Crippen molar-refractivity contribution >= 4 is 38.9 Å². The molecule has 1 aromatic carbocycles. The van der Waals surface area contributed by atoms with Gasteiger partial charge in [-0.25, -0.2) is 17.6 Å². The molecule has 0 spiro atoms. The largest absolute Gasteiger partial charge is 0.465 e. The Morgan fingerprint density at radius 3 is 2.70 bits per heavy atom. The number of thiophene rings is 1. The lowest BCUT2D eigenvalue weighted by atomic mass is 10.0. The SMILES string of the molecule is COC(=O)c1c(S(=O)(=O)Nc2cccc(F)c2)sc2c1CCN(C(=O)CC(C)C)C2. The number of halogens is 1. The first kappa shape index (κ1) is 22.2. The van der Waals surface area contributed by atoms with Crippen LogP contribution < -0.4 is 4.72 Å². The molecule has 0 atom stereocenters. The molecule has 1 amide bonds. The lowest BCUT2D eigenvalue weighted by Gasteiger charge is -2.27. The molecule has 0 aliphatic carbocycles. The van der Waals surface area contributed by atoms with Gasteiger partial charge in [-0.1, -0.05) is 19.9 Å². The van der Waals surface area contributed by atoms with Crippen LogP contribution in [0.25, 0.3) is 0 Å². The van der Waals surface area contributed by atoms with E-state index in [-0.39, 0.29) is 33.8 Å². The van der Waals surface area contributed by atoms with E-state index < -0.39 is 21.8 Å². The maximum Gasteiger partial charge on any atom is 0.340 e. The van der Waals surface area contributed by atoms with Crippen LogP contribution >= 0.6 is 11.3 Å². The van der Waals surface area contributed by atoms with Gasteiger partial charge in [0.1, 0.15) is 5.82 Å². The van der Waals surface area contributed by atoms with Crippen molar-refractivity contribution in [3.63, 3.8) is 0 Å². The second-order valence-corrected chi connectivity index (χ2v) is 10.4. The fourth-order valence-electron chi connectivity index (χ4n) is 3.32. The van der Waals surface area contributed by atoms with Gasteiger partial charge < -0.3 is 9.64 Å². The Labute approximate surface area is 178 Å². The summed E-state index contributed by atoms with van der Waals surface area (Å²) in [7, 11) is -2.98. The predicted octanol–water partition coefficient (Wildman–Crippen LogP) is 3.41. The van der Waals surface area contributed by atoms with Gasteiger partial charge in [0.15, 0.2) is 4.21 Å². The Balaban J connectivity index is 1.98. The molecule has 0 unspecified atom stereocenters. The van der Waals surface area contributed by atoms with Gasteiger partial charge in [-0.05, 0) is 36.1 Å². The number of rotatable bonds is 6. The molecule has 2 aromatic rings. The topological polar surface area (TPSA) is 92.8 Å². The van der Waals surface area contributed by atoms with E-state index in [1.165, 1.54) is 25.3 Å². The van der Waals surface area contributed by atoms with Gasteiger partial charge in [-0.3, -0.25) is 9.52 Å². The number of carbonyl (C=O) groups is 2. The number of nitrogens with one attached hydrogen (secondary N) is 1. The summed E-state index contributed by atoms with van der Waals surface area (Å²) < 4.78 is 46.5. The number of fused-ring (bicyclic) bond motifs is 1. The zero-order chi connectivity index (χ0) is 22.1. The number of nitrogens with zero attached hydrogens (tertiary/aromatic N) is 1. The third-order valence-corrected chi connectivity index (χ3v) is 7.79. The molecule has 7 nitrogen and oxygen atoms in total. The molecular formula is C20H23FN2O5S2. The van der Waals surface area contributed by atoms with Crippen LogP contribution in [0.15, 0.2) is 28.5 Å². The Morgan fingerprint density at radius 2 is 2.07 bits per heavy atom. The minimum Gasteiger partial charge on any atom is -0.465 e. The number of amides is 1. The third-order valence-electron chi connectivity index (χ3n) is 4.67. The minimum absolute atomic E-state index is 0.00837. The zero-order valence-electron chi connectivity index (χ0n) is 16.9. The highest BCUT2D eigenvalue weighted by molar-refractivity contribution is 7.94. The molecule has 10 heteroatoms. The van der Waals surface area contributed by atoms with Crippen LogP contribution in [0.4, 0.5) is 10.1 Å². The average molecular weight is 455 g/mol. The van der Waals surface area contributed by atoms with Crippen LogP contribution in [0.5, 0.6) is 0 Å². The van der Waals surface area contributed by atoms with E-state index in [0.29, 0.717) is 29.8 Å². The molecular weight excluding hydrogens is 431 g/mol. The van der Waals surface area contributed by atoms with Crippen molar-refractivity contribution in [2.45, 2.75) is 37.4 Å². The van der Waals surface area contributed by atoms with E-state index in [0.717, 1.165) is 17.4 Å². The summed E-state index contributed by atoms with van der Waals surface area (Å²) in [6.07, 6.45) is 0.756. The number of hydrogen-bond acceptors (Lipinski definition) is 6. The van der Waals surface area contributed by atoms with E-state index in [4.69, 9.17) is 4.74 Å². The van der Waals surface area contributed by atoms with Gasteiger partial charge in [0.05, 0.1) is 24.9 Å². The van der Waals surface area contributed by atoms with E-state index in [1.54, 1.807) is 4.90 Å². The van der Waals surface area contributed by atoms with Crippen LogP contribution in [-0.2, 0) is 32.5 Å². The number of anilines is 1. The number of sulfonamides is 1. The first-order valence-electron chi connectivity index (χ1n) is 9.41. The Morgan fingerprint density at radius 1 is 1.33 bits per heavy atom.